The highest BCUT2D eigenvalue weighted by atomic mass is 16.5. The average molecular weight is 265 g/mol. The van der Waals surface area contributed by atoms with Gasteiger partial charge >= 0.3 is 0 Å². The third-order valence-corrected chi connectivity index (χ3v) is 4.12. The molecule has 0 saturated carbocycles. The number of rotatable bonds is 4. The Morgan fingerprint density at radius 1 is 1.47 bits per heavy atom. The molecule has 0 bridgehead atoms. The van der Waals surface area contributed by atoms with Crippen molar-refractivity contribution in [3.05, 3.63) is 12.2 Å². The number of hydrogen-bond acceptors (Lipinski definition) is 5. The predicted molar refractivity (Wildman–Crippen MR) is 71.7 cm³/mol. The summed E-state index contributed by atoms with van der Waals surface area (Å²) in [7, 11) is 0. The van der Waals surface area contributed by atoms with Crippen LogP contribution in [0, 0.1) is 0 Å². The molecule has 106 valence electrons. The number of fused-ring (bicyclic) bond motifs is 1. The van der Waals surface area contributed by atoms with E-state index in [0.717, 1.165) is 51.6 Å². The second-order valence-corrected chi connectivity index (χ2v) is 5.40. The molecule has 2 aliphatic heterocycles. The molecule has 1 aromatic heterocycles. The smallest absolute Gasteiger partial charge is 0.147 e. The van der Waals surface area contributed by atoms with Crippen LogP contribution >= 0.6 is 0 Å². The van der Waals surface area contributed by atoms with Gasteiger partial charge in [0.25, 0.3) is 0 Å². The summed E-state index contributed by atoms with van der Waals surface area (Å²) >= 11 is 0. The maximum Gasteiger partial charge on any atom is 0.147 e. The molecular formula is C13H23N5O. The first kappa shape index (κ1) is 13.0. The van der Waals surface area contributed by atoms with Gasteiger partial charge in [-0.25, -0.2) is 0 Å². The summed E-state index contributed by atoms with van der Waals surface area (Å²) in [5.74, 6) is 1.08. The first-order chi connectivity index (χ1) is 9.38. The van der Waals surface area contributed by atoms with Crippen LogP contribution in [-0.4, -0.2) is 58.1 Å². The molecule has 6 nitrogen and oxygen atoms in total. The third-order valence-electron chi connectivity index (χ3n) is 4.12. The van der Waals surface area contributed by atoms with Crippen molar-refractivity contribution in [2.75, 3.05) is 26.3 Å². The summed E-state index contributed by atoms with van der Waals surface area (Å²) < 4.78 is 7.84. The lowest BCUT2D eigenvalue weighted by Gasteiger charge is -2.41. The van der Waals surface area contributed by atoms with Crippen molar-refractivity contribution in [1.82, 2.24) is 25.0 Å². The number of ether oxygens (including phenoxy) is 1. The van der Waals surface area contributed by atoms with E-state index in [1.807, 2.05) is 6.33 Å². The summed E-state index contributed by atoms with van der Waals surface area (Å²) in [4.78, 5) is 2.50. The molecule has 19 heavy (non-hydrogen) atoms. The Kier molecular flexibility index (Phi) is 4.10. The molecule has 6 heteroatoms. The van der Waals surface area contributed by atoms with E-state index in [1.54, 1.807) is 0 Å². The van der Waals surface area contributed by atoms with Crippen LogP contribution < -0.4 is 5.32 Å². The lowest BCUT2D eigenvalue weighted by molar-refractivity contribution is -0.0132. The van der Waals surface area contributed by atoms with Gasteiger partial charge in [-0.15, -0.1) is 10.2 Å². The van der Waals surface area contributed by atoms with Crippen molar-refractivity contribution in [3.63, 3.8) is 0 Å². The topological polar surface area (TPSA) is 55.2 Å². The van der Waals surface area contributed by atoms with E-state index in [9.17, 15) is 0 Å². The first-order valence-electron chi connectivity index (χ1n) is 7.30. The van der Waals surface area contributed by atoms with Gasteiger partial charge in [0, 0.05) is 31.8 Å². The molecule has 1 saturated heterocycles. The SMILES string of the molecule is CCCNC1CCOCC1N1CCn2cnnc2C1. The van der Waals surface area contributed by atoms with Crippen LogP contribution in [0.2, 0.25) is 0 Å². The highest BCUT2D eigenvalue weighted by Gasteiger charge is 2.32. The van der Waals surface area contributed by atoms with Crippen LogP contribution in [0.25, 0.3) is 0 Å². The lowest BCUT2D eigenvalue weighted by atomic mass is 10.0. The Balaban J connectivity index is 1.66. The van der Waals surface area contributed by atoms with E-state index in [4.69, 9.17) is 4.74 Å². The largest absolute Gasteiger partial charge is 0.380 e. The zero-order valence-electron chi connectivity index (χ0n) is 11.6. The van der Waals surface area contributed by atoms with Crippen molar-refractivity contribution in [3.8, 4) is 0 Å². The van der Waals surface area contributed by atoms with Crippen LogP contribution in [-0.2, 0) is 17.8 Å². The molecule has 2 unspecified atom stereocenters. The highest BCUT2D eigenvalue weighted by Crippen LogP contribution is 2.19. The standard InChI is InChI=1S/C13H23N5O/c1-2-4-14-11-3-7-19-9-12(11)17-5-6-18-10-15-16-13(18)8-17/h10-12,14H,2-9H2,1H3. The fraction of sp³-hybridized carbons (Fsp3) is 0.846. The van der Waals surface area contributed by atoms with E-state index in [2.05, 4.69) is 31.9 Å². The number of aromatic nitrogens is 3. The number of hydrogen-bond donors (Lipinski definition) is 1. The number of nitrogens with one attached hydrogen (secondary N) is 1. The lowest BCUT2D eigenvalue weighted by Crippen LogP contribution is -2.56. The van der Waals surface area contributed by atoms with E-state index < -0.39 is 0 Å². The van der Waals surface area contributed by atoms with Crippen molar-refractivity contribution in [1.29, 1.82) is 0 Å². The molecule has 1 N–H and O–H groups in total. The minimum absolute atomic E-state index is 0.464. The maximum absolute atomic E-state index is 5.69. The van der Waals surface area contributed by atoms with Gasteiger partial charge in [-0.2, -0.15) is 0 Å². The molecule has 0 radical (unpaired) electrons. The van der Waals surface area contributed by atoms with Crippen molar-refractivity contribution in [2.24, 2.45) is 0 Å². The summed E-state index contributed by atoms with van der Waals surface area (Å²) in [6.45, 7) is 7.94. The molecule has 0 spiro atoms. The summed E-state index contributed by atoms with van der Waals surface area (Å²) in [6.07, 6.45) is 4.11. The molecule has 0 aliphatic carbocycles. The Hall–Kier alpha value is -0.980. The third kappa shape index (κ3) is 2.80. The molecule has 2 aliphatic rings. The molecular weight excluding hydrogens is 242 g/mol. The minimum atomic E-state index is 0.464. The summed E-state index contributed by atoms with van der Waals surface area (Å²) in [5.41, 5.74) is 0. The molecule has 2 atom stereocenters. The summed E-state index contributed by atoms with van der Waals surface area (Å²) in [6, 6.07) is 1.01. The van der Waals surface area contributed by atoms with E-state index in [0.29, 0.717) is 12.1 Å². The zero-order valence-corrected chi connectivity index (χ0v) is 11.6. The maximum atomic E-state index is 5.69. The quantitative estimate of drug-likeness (QED) is 0.846. The minimum Gasteiger partial charge on any atom is -0.380 e. The Labute approximate surface area is 114 Å². The van der Waals surface area contributed by atoms with Gasteiger partial charge in [0.1, 0.15) is 12.2 Å². The molecule has 0 aromatic carbocycles. The molecule has 0 amide bonds. The van der Waals surface area contributed by atoms with Gasteiger partial charge < -0.3 is 14.6 Å². The van der Waals surface area contributed by atoms with E-state index in [-0.39, 0.29) is 0 Å². The van der Waals surface area contributed by atoms with Crippen molar-refractivity contribution >= 4 is 0 Å². The zero-order chi connectivity index (χ0) is 13.1. The van der Waals surface area contributed by atoms with Crippen LogP contribution in [0.5, 0.6) is 0 Å². The van der Waals surface area contributed by atoms with Crippen LogP contribution in [0.15, 0.2) is 6.33 Å². The van der Waals surface area contributed by atoms with Crippen molar-refractivity contribution in [2.45, 2.75) is 44.9 Å². The van der Waals surface area contributed by atoms with Gasteiger partial charge in [-0.05, 0) is 19.4 Å². The Bertz CT molecular complexity index is 407. The van der Waals surface area contributed by atoms with Gasteiger partial charge in [-0.1, -0.05) is 6.92 Å². The second kappa shape index (κ2) is 5.98. The van der Waals surface area contributed by atoms with Gasteiger partial charge in [-0.3, -0.25) is 4.90 Å². The van der Waals surface area contributed by atoms with Gasteiger partial charge in [0.05, 0.1) is 13.2 Å². The van der Waals surface area contributed by atoms with E-state index in [1.165, 1.54) is 6.42 Å². The summed E-state index contributed by atoms with van der Waals surface area (Å²) in [5, 5.41) is 11.9. The second-order valence-electron chi connectivity index (χ2n) is 5.40. The highest BCUT2D eigenvalue weighted by molar-refractivity contribution is 4.95. The van der Waals surface area contributed by atoms with Crippen LogP contribution in [0.4, 0.5) is 0 Å². The molecule has 3 rings (SSSR count). The molecule has 1 fully saturated rings. The molecule has 3 heterocycles. The average Bonchev–Trinajstić information content (AvgIpc) is 2.92. The van der Waals surface area contributed by atoms with E-state index >= 15 is 0 Å². The van der Waals surface area contributed by atoms with Gasteiger partial charge in [0.15, 0.2) is 0 Å². The predicted octanol–water partition coefficient (Wildman–Crippen LogP) is 0.251. The molecule has 1 aromatic rings. The fourth-order valence-electron chi connectivity index (χ4n) is 3.02. The van der Waals surface area contributed by atoms with Gasteiger partial charge in [0.2, 0.25) is 0 Å². The monoisotopic (exact) mass is 265 g/mol. The van der Waals surface area contributed by atoms with Crippen molar-refractivity contribution < 1.29 is 4.74 Å². The Morgan fingerprint density at radius 3 is 3.32 bits per heavy atom. The van der Waals surface area contributed by atoms with Crippen LogP contribution in [0.3, 0.4) is 0 Å². The Morgan fingerprint density at radius 2 is 2.42 bits per heavy atom. The first-order valence-corrected chi connectivity index (χ1v) is 7.30. The fourth-order valence-corrected chi connectivity index (χ4v) is 3.02. The normalized spacial score (nSPS) is 28.3. The number of nitrogens with zero attached hydrogens (tertiary/aromatic N) is 4. The van der Waals surface area contributed by atoms with Crippen LogP contribution in [0.1, 0.15) is 25.6 Å².